The fourth-order valence-corrected chi connectivity index (χ4v) is 5.02. The standard InChI is InChI=1S/C22H21ClFN3O3S/c23-21-13(6-12-4-2-1-3-5-12)8-17(31-21)20(30)15-9-25-11-26-22(15)27-16-7-14(10-28)19(29)18(16)24/h1-5,8-9,11,14,16,18-19,28-29H,6-7,10H2,(H,25,26,27)/t14-,16-,18-,19-/m1/s1. The van der Waals surface area contributed by atoms with Crippen LogP contribution in [0, 0.1) is 5.92 Å². The second kappa shape index (κ2) is 9.40. The van der Waals surface area contributed by atoms with Gasteiger partial charge in [-0.05, 0) is 30.0 Å². The van der Waals surface area contributed by atoms with E-state index in [1.54, 1.807) is 6.07 Å². The first-order valence-electron chi connectivity index (χ1n) is 9.84. The molecule has 4 rings (SSSR count). The van der Waals surface area contributed by atoms with Crippen LogP contribution in [0.2, 0.25) is 4.34 Å². The van der Waals surface area contributed by atoms with Crippen molar-refractivity contribution in [2.45, 2.75) is 31.2 Å². The summed E-state index contributed by atoms with van der Waals surface area (Å²) in [5.74, 6) is -0.695. The van der Waals surface area contributed by atoms with E-state index in [-0.39, 0.29) is 30.2 Å². The van der Waals surface area contributed by atoms with Crippen molar-refractivity contribution in [3.05, 3.63) is 74.8 Å². The van der Waals surface area contributed by atoms with Gasteiger partial charge in [-0.1, -0.05) is 41.9 Å². The number of hydrogen-bond acceptors (Lipinski definition) is 7. The molecule has 0 aliphatic heterocycles. The number of hydrogen-bond donors (Lipinski definition) is 3. The lowest BCUT2D eigenvalue weighted by molar-refractivity contribution is 0.0444. The molecule has 0 bridgehead atoms. The predicted molar refractivity (Wildman–Crippen MR) is 118 cm³/mol. The Morgan fingerprint density at radius 1 is 1.32 bits per heavy atom. The predicted octanol–water partition coefficient (Wildman–Crippen LogP) is 3.51. The molecule has 2 heterocycles. The largest absolute Gasteiger partial charge is 0.396 e. The van der Waals surface area contributed by atoms with Crippen LogP contribution < -0.4 is 5.32 Å². The summed E-state index contributed by atoms with van der Waals surface area (Å²) in [5.41, 5.74) is 2.13. The van der Waals surface area contributed by atoms with Crippen molar-refractivity contribution in [1.82, 2.24) is 9.97 Å². The van der Waals surface area contributed by atoms with E-state index in [0.29, 0.717) is 15.6 Å². The summed E-state index contributed by atoms with van der Waals surface area (Å²) in [6.45, 7) is -0.312. The van der Waals surface area contributed by atoms with Crippen molar-refractivity contribution in [1.29, 1.82) is 0 Å². The van der Waals surface area contributed by atoms with Crippen molar-refractivity contribution >= 4 is 34.5 Å². The molecule has 162 valence electrons. The Kier molecular flexibility index (Phi) is 6.62. The zero-order valence-electron chi connectivity index (χ0n) is 16.4. The van der Waals surface area contributed by atoms with Gasteiger partial charge in [0.2, 0.25) is 5.78 Å². The average molecular weight is 462 g/mol. The molecule has 4 atom stereocenters. The molecule has 3 N–H and O–H groups in total. The van der Waals surface area contributed by atoms with Gasteiger partial charge in [0.15, 0.2) is 0 Å². The molecule has 1 fully saturated rings. The van der Waals surface area contributed by atoms with Gasteiger partial charge in [-0.3, -0.25) is 4.79 Å². The molecule has 3 aromatic rings. The number of alkyl halides is 1. The minimum absolute atomic E-state index is 0.188. The van der Waals surface area contributed by atoms with Gasteiger partial charge in [0.25, 0.3) is 0 Å². The number of nitrogens with zero attached hydrogens (tertiary/aromatic N) is 2. The summed E-state index contributed by atoms with van der Waals surface area (Å²) in [6.07, 6.45) is 0.631. The minimum atomic E-state index is -1.58. The van der Waals surface area contributed by atoms with Crippen LogP contribution in [0.15, 0.2) is 48.9 Å². The van der Waals surface area contributed by atoms with Crippen LogP contribution in [0.25, 0.3) is 0 Å². The van der Waals surface area contributed by atoms with Crippen LogP contribution in [0.1, 0.15) is 32.8 Å². The van der Waals surface area contributed by atoms with Crippen molar-refractivity contribution in [3.63, 3.8) is 0 Å². The molecule has 0 radical (unpaired) electrons. The number of carbonyl (C=O) groups is 1. The molecule has 0 amide bonds. The fourth-order valence-electron chi connectivity index (χ4n) is 3.79. The van der Waals surface area contributed by atoms with Crippen LogP contribution in [0.5, 0.6) is 0 Å². The van der Waals surface area contributed by atoms with Crippen LogP contribution in [0.3, 0.4) is 0 Å². The average Bonchev–Trinajstić information content (AvgIpc) is 3.28. The zero-order valence-corrected chi connectivity index (χ0v) is 18.0. The smallest absolute Gasteiger partial charge is 0.208 e. The van der Waals surface area contributed by atoms with E-state index in [1.165, 1.54) is 23.9 Å². The second-order valence-electron chi connectivity index (χ2n) is 7.55. The number of carbonyl (C=O) groups excluding carboxylic acids is 1. The normalized spacial score (nSPS) is 23.1. The number of nitrogens with one attached hydrogen (secondary N) is 1. The van der Waals surface area contributed by atoms with Gasteiger partial charge in [-0.25, -0.2) is 14.4 Å². The lowest BCUT2D eigenvalue weighted by Gasteiger charge is -2.18. The van der Waals surface area contributed by atoms with Crippen LogP contribution in [-0.2, 0) is 6.42 Å². The van der Waals surface area contributed by atoms with Crippen LogP contribution in [-0.4, -0.2) is 50.9 Å². The van der Waals surface area contributed by atoms with E-state index in [2.05, 4.69) is 15.3 Å². The summed E-state index contributed by atoms with van der Waals surface area (Å²) in [5, 5.41) is 22.2. The lowest BCUT2D eigenvalue weighted by Crippen LogP contribution is -2.32. The first-order valence-corrected chi connectivity index (χ1v) is 11.0. The molecule has 31 heavy (non-hydrogen) atoms. The van der Waals surface area contributed by atoms with Crippen LogP contribution in [0.4, 0.5) is 10.2 Å². The van der Waals surface area contributed by atoms with Crippen LogP contribution >= 0.6 is 22.9 Å². The molecule has 1 aliphatic carbocycles. The zero-order chi connectivity index (χ0) is 22.0. The van der Waals surface area contributed by atoms with E-state index in [9.17, 15) is 19.4 Å². The molecule has 1 saturated carbocycles. The summed E-state index contributed by atoms with van der Waals surface area (Å²) in [4.78, 5) is 21.7. The maximum atomic E-state index is 14.5. The lowest BCUT2D eigenvalue weighted by atomic mass is 10.1. The van der Waals surface area contributed by atoms with Crippen molar-refractivity contribution in [2.75, 3.05) is 11.9 Å². The van der Waals surface area contributed by atoms with Gasteiger partial charge in [-0.15, -0.1) is 11.3 Å². The number of rotatable bonds is 7. The molecule has 1 aromatic carbocycles. The minimum Gasteiger partial charge on any atom is -0.396 e. The van der Waals surface area contributed by atoms with Gasteiger partial charge in [-0.2, -0.15) is 0 Å². The number of halogens is 2. The Hall–Kier alpha value is -2.39. The van der Waals surface area contributed by atoms with E-state index in [1.807, 2.05) is 30.3 Å². The van der Waals surface area contributed by atoms with E-state index in [4.69, 9.17) is 11.6 Å². The molecule has 1 aliphatic rings. The number of aromatic nitrogens is 2. The Labute approximate surface area is 187 Å². The first kappa shape index (κ1) is 21.8. The molecular weight excluding hydrogens is 441 g/mol. The number of benzene rings is 1. The molecular formula is C22H21ClFN3O3S. The molecule has 6 nitrogen and oxygen atoms in total. The quantitative estimate of drug-likeness (QED) is 0.466. The van der Waals surface area contributed by atoms with Gasteiger partial charge in [0.05, 0.1) is 26.9 Å². The molecule has 0 saturated heterocycles. The second-order valence-corrected chi connectivity index (χ2v) is 9.20. The molecule has 0 unspecified atom stereocenters. The molecule has 0 spiro atoms. The SMILES string of the molecule is O=C(c1cc(Cc2ccccc2)c(Cl)s1)c1cncnc1N[C@@H]1C[C@H](CO)[C@@H](O)[C@@H]1F. The Bertz CT molecular complexity index is 1070. The summed E-state index contributed by atoms with van der Waals surface area (Å²) in [7, 11) is 0. The third-order valence-electron chi connectivity index (χ3n) is 5.48. The number of anilines is 1. The maximum absolute atomic E-state index is 14.5. The first-order chi connectivity index (χ1) is 15.0. The highest BCUT2D eigenvalue weighted by molar-refractivity contribution is 7.18. The van der Waals surface area contributed by atoms with Crippen molar-refractivity contribution in [2.24, 2.45) is 5.92 Å². The summed E-state index contributed by atoms with van der Waals surface area (Å²) >= 11 is 7.57. The van der Waals surface area contributed by atoms with Gasteiger partial charge >= 0.3 is 0 Å². The van der Waals surface area contributed by atoms with E-state index < -0.39 is 24.2 Å². The highest BCUT2D eigenvalue weighted by Crippen LogP contribution is 2.34. The van der Waals surface area contributed by atoms with E-state index >= 15 is 0 Å². The van der Waals surface area contributed by atoms with Gasteiger partial charge < -0.3 is 15.5 Å². The third-order valence-corrected chi connectivity index (χ3v) is 6.92. The van der Waals surface area contributed by atoms with Gasteiger partial charge in [0.1, 0.15) is 18.3 Å². The Morgan fingerprint density at radius 3 is 2.81 bits per heavy atom. The molecule has 9 heteroatoms. The third kappa shape index (κ3) is 4.62. The Morgan fingerprint density at radius 2 is 2.10 bits per heavy atom. The number of thiophene rings is 1. The highest BCUT2D eigenvalue weighted by atomic mass is 35.5. The van der Waals surface area contributed by atoms with Crippen molar-refractivity contribution < 1.29 is 19.4 Å². The Balaban J connectivity index is 1.56. The summed E-state index contributed by atoms with van der Waals surface area (Å²) < 4.78 is 15.0. The fraction of sp³-hybridized carbons (Fsp3) is 0.318. The van der Waals surface area contributed by atoms with E-state index in [0.717, 1.165) is 11.1 Å². The maximum Gasteiger partial charge on any atom is 0.208 e. The number of ketones is 1. The number of aliphatic hydroxyl groups excluding tert-OH is 2. The van der Waals surface area contributed by atoms with Crippen molar-refractivity contribution in [3.8, 4) is 0 Å². The molecule has 2 aromatic heterocycles. The van der Waals surface area contributed by atoms with Gasteiger partial charge in [0, 0.05) is 18.7 Å². The monoisotopic (exact) mass is 461 g/mol. The summed E-state index contributed by atoms with van der Waals surface area (Å²) in [6, 6.07) is 10.8. The topological polar surface area (TPSA) is 95.3 Å². The number of aliphatic hydroxyl groups is 2. The highest BCUT2D eigenvalue weighted by Gasteiger charge is 2.43.